The van der Waals surface area contributed by atoms with Crippen molar-refractivity contribution in [1.29, 1.82) is 0 Å². The lowest BCUT2D eigenvalue weighted by Gasteiger charge is -2.15. The van der Waals surface area contributed by atoms with Crippen LogP contribution in [0.2, 0.25) is 0 Å². The van der Waals surface area contributed by atoms with Gasteiger partial charge in [-0.25, -0.2) is 0 Å². The molecule has 1 rings (SSSR count). The van der Waals surface area contributed by atoms with Crippen molar-refractivity contribution in [3.8, 4) is 0 Å². The summed E-state index contributed by atoms with van der Waals surface area (Å²) in [7, 11) is 0. The second kappa shape index (κ2) is 7.12. The summed E-state index contributed by atoms with van der Waals surface area (Å²) in [5.74, 6) is 1.20. The smallest absolute Gasteiger partial charge is 0.234 e. The molecule has 1 aliphatic carbocycles. The molecule has 0 radical (unpaired) electrons. The van der Waals surface area contributed by atoms with Crippen molar-refractivity contribution in [1.82, 2.24) is 10.6 Å². The molecule has 1 unspecified atom stereocenters. The SMILES string of the molecule is CSCC(C)NCC(=O)NC1CCCC1. The zero-order valence-corrected chi connectivity index (χ0v) is 10.5. The maximum absolute atomic E-state index is 11.5. The van der Waals surface area contributed by atoms with E-state index in [1.54, 1.807) is 11.8 Å². The van der Waals surface area contributed by atoms with Crippen LogP contribution in [-0.4, -0.2) is 36.5 Å². The highest BCUT2D eigenvalue weighted by atomic mass is 32.2. The number of amides is 1. The number of thioether (sulfide) groups is 1. The van der Waals surface area contributed by atoms with Crippen LogP contribution in [0.15, 0.2) is 0 Å². The maximum Gasteiger partial charge on any atom is 0.234 e. The van der Waals surface area contributed by atoms with Crippen LogP contribution in [0, 0.1) is 0 Å². The van der Waals surface area contributed by atoms with E-state index in [4.69, 9.17) is 0 Å². The molecule has 0 heterocycles. The average Bonchev–Trinajstić information content (AvgIpc) is 2.68. The molecule has 1 saturated carbocycles. The van der Waals surface area contributed by atoms with Gasteiger partial charge in [-0.05, 0) is 26.0 Å². The van der Waals surface area contributed by atoms with E-state index in [0.29, 0.717) is 18.6 Å². The first-order chi connectivity index (χ1) is 7.22. The third-order valence-corrected chi connectivity index (χ3v) is 3.58. The molecule has 1 atom stereocenters. The van der Waals surface area contributed by atoms with Crippen LogP contribution >= 0.6 is 11.8 Å². The Bertz CT molecular complexity index is 193. The zero-order chi connectivity index (χ0) is 11.1. The molecule has 15 heavy (non-hydrogen) atoms. The molecule has 4 heteroatoms. The summed E-state index contributed by atoms with van der Waals surface area (Å²) in [6.07, 6.45) is 6.93. The number of hydrogen-bond donors (Lipinski definition) is 2. The monoisotopic (exact) mass is 230 g/mol. The minimum Gasteiger partial charge on any atom is -0.352 e. The molecule has 1 amide bonds. The summed E-state index contributed by atoms with van der Waals surface area (Å²) in [4.78, 5) is 11.5. The van der Waals surface area contributed by atoms with E-state index in [9.17, 15) is 4.79 Å². The van der Waals surface area contributed by atoms with Gasteiger partial charge in [0.25, 0.3) is 0 Å². The molecule has 0 aromatic carbocycles. The molecule has 1 fully saturated rings. The zero-order valence-electron chi connectivity index (χ0n) is 9.71. The van der Waals surface area contributed by atoms with Crippen molar-refractivity contribution in [2.75, 3.05) is 18.6 Å². The van der Waals surface area contributed by atoms with Crippen molar-refractivity contribution < 1.29 is 4.79 Å². The van der Waals surface area contributed by atoms with Crippen LogP contribution in [0.3, 0.4) is 0 Å². The highest BCUT2D eigenvalue weighted by Crippen LogP contribution is 2.17. The fourth-order valence-corrected chi connectivity index (χ4v) is 2.54. The number of carbonyl (C=O) groups excluding carboxylic acids is 1. The molecule has 2 N–H and O–H groups in total. The summed E-state index contributed by atoms with van der Waals surface area (Å²) < 4.78 is 0. The van der Waals surface area contributed by atoms with Gasteiger partial charge >= 0.3 is 0 Å². The van der Waals surface area contributed by atoms with E-state index >= 15 is 0 Å². The summed E-state index contributed by atoms with van der Waals surface area (Å²) in [6, 6.07) is 0.851. The van der Waals surface area contributed by atoms with Crippen LogP contribution in [0.4, 0.5) is 0 Å². The minimum absolute atomic E-state index is 0.148. The maximum atomic E-state index is 11.5. The normalized spacial score (nSPS) is 19.1. The molecule has 0 aliphatic heterocycles. The van der Waals surface area contributed by atoms with Gasteiger partial charge in [0.2, 0.25) is 5.91 Å². The Morgan fingerprint density at radius 3 is 2.73 bits per heavy atom. The molecule has 88 valence electrons. The summed E-state index contributed by atoms with van der Waals surface area (Å²) in [5, 5.41) is 6.29. The number of carbonyl (C=O) groups is 1. The van der Waals surface area contributed by atoms with E-state index in [2.05, 4.69) is 23.8 Å². The van der Waals surface area contributed by atoms with E-state index in [1.807, 2.05) is 0 Å². The quantitative estimate of drug-likeness (QED) is 0.724. The highest BCUT2D eigenvalue weighted by molar-refractivity contribution is 7.98. The third kappa shape index (κ3) is 5.42. The Kier molecular flexibility index (Phi) is 6.10. The molecule has 0 bridgehead atoms. The van der Waals surface area contributed by atoms with Gasteiger partial charge in [-0.1, -0.05) is 12.8 Å². The Morgan fingerprint density at radius 1 is 1.47 bits per heavy atom. The van der Waals surface area contributed by atoms with Crippen molar-refractivity contribution >= 4 is 17.7 Å². The van der Waals surface area contributed by atoms with Gasteiger partial charge in [-0.2, -0.15) is 11.8 Å². The Morgan fingerprint density at radius 2 is 2.13 bits per heavy atom. The first-order valence-electron chi connectivity index (χ1n) is 5.74. The van der Waals surface area contributed by atoms with Gasteiger partial charge < -0.3 is 10.6 Å². The number of rotatable bonds is 6. The predicted molar refractivity (Wildman–Crippen MR) is 66.2 cm³/mol. The largest absolute Gasteiger partial charge is 0.352 e. The number of hydrogen-bond acceptors (Lipinski definition) is 3. The Labute approximate surface area is 96.8 Å². The van der Waals surface area contributed by atoms with Gasteiger partial charge in [0.1, 0.15) is 0 Å². The molecule has 0 saturated heterocycles. The second-order valence-corrected chi connectivity index (χ2v) is 5.20. The van der Waals surface area contributed by atoms with E-state index in [-0.39, 0.29) is 5.91 Å². The molecule has 0 spiro atoms. The molecule has 1 aliphatic rings. The lowest BCUT2D eigenvalue weighted by atomic mass is 10.2. The lowest BCUT2D eigenvalue weighted by molar-refractivity contribution is -0.121. The van der Waals surface area contributed by atoms with E-state index in [0.717, 1.165) is 18.6 Å². The first kappa shape index (κ1) is 12.8. The first-order valence-corrected chi connectivity index (χ1v) is 7.13. The summed E-state index contributed by atoms with van der Waals surface area (Å²) >= 11 is 1.80. The van der Waals surface area contributed by atoms with E-state index in [1.165, 1.54) is 12.8 Å². The van der Waals surface area contributed by atoms with Gasteiger partial charge in [0.15, 0.2) is 0 Å². The fourth-order valence-electron chi connectivity index (χ4n) is 1.92. The van der Waals surface area contributed by atoms with Crippen molar-refractivity contribution in [3.63, 3.8) is 0 Å². The highest BCUT2D eigenvalue weighted by Gasteiger charge is 2.16. The fraction of sp³-hybridized carbons (Fsp3) is 0.909. The molecular weight excluding hydrogens is 208 g/mol. The van der Waals surface area contributed by atoms with Crippen LogP contribution < -0.4 is 10.6 Å². The summed E-state index contributed by atoms with van der Waals surface area (Å²) in [5.41, 5.74) is 0. The summed E-state index contributed by atoms with van der Waals surface area (Å²) in [6.45, 7) is 2.57. The van der Waals surface area contributed by atoms with Crippen molar-refractivity contribution in [2.45, 2.75) is 44.7 Å². The lowest BCUT2D eigenvalue weighted by Crippen LogP contribution is -2.42. The number of nitrogens with one attached hydrogen (secondary N) is 2. The van der Waals surface area contributed by atoms with Gasteiger partial charge in [0, 0.05) is 17.8 Å². The van der Waals surface area contributed by atoms with Gasteiger partial charge in [0.05, 0.1) is 6.54 Å². The van der Waals surface area contributed by atoms with Crippen LogP contribution in [0.5, 0.6) is 0 Å². The van der Waals surface area contributed by atoms with Crippen LogP contribution in [0.1, 0.15) is 32.6 Å². The molecule has 0 aromatic rings. The van der Waals surface area contributed by atoms with Crippen molar-refractivity contribution in [2.24, 2.45) is 0 Å². The van der Waals surface area contributed by atoms with Crippen molar-refractivity contribution in [3.05, 3.63) is 0 Å². The average molecular weight is 230 g/mol. The van der Waals surface area contributed by atoms with E-state index < -0.39 is 0 Å². The molecule has 0 aromatic heterocycles. The van der Waals surface area contributed by atoms with Gasteiger partial charge in [-0.3, -0.25) is 4.79 Å². The third-order valence-electron chi connectivity index (χ3n) is 2.75. The second-order valence-electron chi connectivity index (χ2n) is 4.29. The van der Waals surface area contributed by atoms with Crippen LogP contribution in [-0.2, 0) is 4.79 Å². The Balaban J connectivity index is 2.07. The Hall–Kier alpha value is -0.220. The molecule has 3 nitrogen and oxygen atoms in total. The van der Waals surface area contributed by atoms with Crippen LogP contribution in [0.25, 0.3) is 0 Å². The minimum atomic E-state index is 0.148. The predicted octanol–water partition coefficient (Wildman–Crippen LogP) is 1.39. The topological polar surface area (TPSA) is 41.1 Å². The van der Waals surface area contributed by atoms with Gasteiger partial charge in [-0.15, -0.1) is 0 Å². The molecular formula is C11H22N2OS. The standard InChI is InChI=1S/C11H22N2OS/c1-9(8-15-2)12-7-11(14)13-10-5-3-4-6-10/h9-10,12H,3-8H2,1-2H3,(H,13,14).